The van der Waals surface area contributed by atoms with Crippen molar-refractivity contribution in [2.45, 2.75) is 19.9 Å². The highest BCUT2D eigenvalue weighted by molar-refractivity contribution is 14.1. The van der Waals surface area contributed by atoms with Gasteiger partial charge in [-0.25, -0.2) is 0 Å². The van der Waals surface area contributed by atoms with Crippen molar-refractivity contribution >= 4 is 63.2 Å². The van der Waals surface area contributed by atoms with E-state index in [9.17, 15) is 14.4 Å². The van der Waals surface area contributed by atoms with Crippen LogP contribution in [0, 0.1) is 3.57 Å². The number of nitrogens with zero attached hydrogens (tertiary/aromatic N) is 1. The lowest BCUT2D eigenvalue weighted by Crippen LogP contribution is -2.34. The first-order chi connectivity index (χ1) is 14.8. The zero-order valence-electron chi connectivity index (χ0n) is 17.2. The van der Waals surface area contributed by atoms with Crippen LogP contribution in [0.2, 0.25) is 0 Å². The van der Waals surface area contributed by atoms with Crippen LogP contribution in [0.3, 0.4) is 0 Å². The van der Waals surface area contributed by atoms with E-state index in [1.54, 1.807) is 44.2 Å². The molecule has 0 radical (unpaired) electrons. The van der Waals surface area contributed by atoms with Gasteiger partial charge in [0.05, 0.1) is 15.6 Å². The SMILES string of the molecule is COc1cc(/C=C2/SC(=O)N(C(C)C)C2=O)cc(I)c1OCC(=O)Nc1ccccc1. The fourth-order valence-corrected chi connectivity index (χ4v) is 4.64. The number of rotatable bonds is 7. The Morgan fingerprint density at radius 2 is 1.94 bits per heavy atom. The highest BCUT2D eigenvalue weighted by Crippen LogP contribution is 2.37. The Hall–Kier alpha value is -2.53. The molecule has 0 unspecified atom stereocenters. The minimum Gasteiger partial charge on any atom is -0.493 e. The molecule has 31 heavy (non-hydrogen) atoms. The maximum atomic E-state index is 12.5. The summed E-state index contributed by atoms with van der Waals surface area (Å²) in [5, 5.41) is 2.48. The first-order valence-corrected chi connectivity index (χ1v) is 11.3. The average molecular weight is 552 g/mol. The number of hydrogen-bond donors (Lipinski definition) is 1. The summed E-state index contributed by atoms with van der Waals surface area (Å²) < 4.78 is 11.8. The van der Waals surface area contributed by atoms with Gasteiger partial charge < -0.3 is 14.8 Å². The van der Waals surface area contributed by atoms with Gasteiger partial charge in [0.2, 0.25) is 0 Å². The molecule has 1 aliphatic heterocycles. The van der Waals surface area contributed by atoms with Gasteiger partial charge in [-0.1, -0.05) is 18.2 Å². The minimum absolute atomic E-state index is 0.187. The Morgan fingerprint density at radius 1 is 1.23 bits per heavy atom. The summed E-state index contributed by atoms with van der Waals surface area (Å²) in [6.45, 7) is 3.41. The molecule has 3 rings (SSSR count). The Balaban J connectivity index is 1.75. The maximum Gasteiger partial charge on any atom is 0.293 e. The molecule has 0 spiro atoms. The van der Waals surface area contributed by atoms with Crippen LogP contribution < -0.4 is 14.8 Å². The van der Waals surface area contributed by atoms with E-state index in [0.717, 1.165) is 11.8 Å². The van der Waals surface area contributed by atoms with Gasteiger partial charge in [0.1, 0.15) is 0 Å². The fraction of sp³-hybridized carbons (Fsp3) is 0.227. The van der Waals surface area contributed by atoms with Crippen molar-refractivity contribution < 1.29 is 23.9 Å². The van der Waals surface area contributed by atoms with Crippen molar-refractivity contribution in [3.63, 3.8) is 0 Å². The molecule has 7 nitrogen and oxygen atoms in total. The van der Waals surface area contributed by atoms with Crippen molar-refractivity contribution in [2.24, 2.45) is 0 Å². The monoisotopic (exact) mass is 552 g/mol. The van der Waals surface area contributed by atoms with E-state index < -0.39 is 0 Å². The third-order valence-electron chi connectivity index (χ3n) is 4.29. The molecule has 162 valence electrons. The van der Waals surface area contributed by atoms with E-state index >= 15 is 0 Å². The number of hydrogen-bond acceptors (Lipinski definition) is 6. The molecule has 1 saturated heterocycles. The second-order valence-electron chi connectivity index (χ2n) is 6.88. The number of imide groups is 1. The quantitative estimate of drug-likeness (QED) is 0.394. The lowest BCUT2D eigenvalue weighted by atomic mass is 10.1. The third-order valence-corrected chi connectivity index (χ3v) is 5.98. The second-order valence-corrected chi connectivity index (χ2v) is 9.04. The number of benzene rings is 2. The molecule has 9 heteroatoms. The Labute approximate surface area is 198 Å². The number of halogens is 1. The predicted molar refractivity (Wildman–Crippen MR) is 129 cm³/mol. The maximum absolute atomic E-state index is 12.5. The van der Waals surface area contributed by atoms with Crippen LogP contribution >= 0.6 is 34.4 Å². The molecule has 0 aliphatic carbocycles. The van der Waals surface area contributed by atoms with E-state index in [2.05, 4.69) is 27.9 Å². The highest BCUT2D eigenvalue weighted by Gasteiger charge is 2.36. The van der Waals surface area contributed by atoms with E-state index in [-0.39, 0.29) is 29.7 Å². The van der Waals surface area contributed by atoms with Crippen molar-refractivity contribution in [3.05, 3.63) is 56.5 Å². The van der Waals surface area contributed by atoms with Crippen LogP contribution in [-0.4, -0.2) is 41.7 Å². The van der Waals surface area contributed by atoms with Gasteiger partial charge in [-0.2, -0.15) is 0 Å². The molecule has 0 atom stereocenters. The van der Waals surface area contributed by atoms with Crippen molar-refractivity contribution in [3.8, 4) is 11.5 Å². The summed E-state index contributed by atoms with van der Waals surface area (Å²) in [6, 6.07) is 12.4. The Kier molecular flexibility index (Phi) is 7.60. The minimum atomic E-state index is -0.308. The molecule has 0 aromatic heterocycles. The number of amides is 3. The molecule has 1 heterocycles. The van der Waals surface area contributed by atoms with Crippen molar-refractivity contribution in [1.82, 2.24) is 4.90 Å². The number of methoxy groups -OCH3 is 1. The number of carbonyl (C=O) groups excluding carboxylic acids is 3. The predicted octanol–water partition coefficient (Wildman–Crippen LogP) is 4.76. The van der Waals surface area contributed by atoms with Gasteiger partial charge >= 0.3 is 0 Å². The lowest BCUT2D eigenvalue weighted by molar-refractivity contribution is -0.123. The van der Waals surface area contributed by atoms with E-state index in [4.69, 9.17) is 9.47 Å². The smallest absolute Gasteiger partial charge is 0.293 e. The highest BCUT2D eigenvalue weighted by atomic mass is 127. The summed E-state index contributed by atoms with van der Waals surface area (Å²) in [5.74, 6) is 0.250. The average Bonchev–Trinajstić information content (AvgIpc) is 3.00. The van der Waals surface area contributed by atoms with Crippen molar-refractivity contribution in [1.29, 1.82) is 0 Å². The molecule has 1 N–H and O–H groups in total. The van der Waals surface area contributed by atoms with Crippen LogP contribution in [0.4, 0.5) is 10.5 Å². The number of anilines is 1. The first kappa shape index (κ1) is 23.1. The number of nitrogens with one attached hydrogen (secondary N) is 1. The normalized spacial score (nSPS) is 15.0. The third kappa shape index (κ3) is 5.59. The Bertz CT molecular complexity index is 1040. The number of carbonyl (C=O) groups is 3. The fourth-order valence-electron chi connectivity index (χ4n) is 2.90. The molecular formula is C22H21IN2O5S. The number of ether oxygens (including phenoxy) is 2. The summed E-state index contributed by atoms with van der Waals surface area (Å²) in [6.07, 6.45) is 1.66. The summed E-state index contributed by atoms with van der Waals surface area (Å²) in [4.78, 5) is 38.4. The summed E-state index contributed by atoms with van der Waals surface area (Å²) >= 11 is 3.00. The standard InChI is InChI=1S/C22H21IN2O5S/c1-13(2)25-21(27)18(31-22(25)28)11-14-9-16(23)20(17(10-14)29-3)30-12-19(26)24-15-7-5-4-6-8-15/h4-11,13H,12H2,1-3H3,(H,24,26)/b18-11+. The molecule has 1 aliphatic rings. The first-order valence-electron chi connectivity index (χ1n) is 9.42. The zero-order valence-corrected chi connectivity index (χ0v) is 20.2. The molecular weight excluding hydrogens is 531 g/mol. The van der Waals surface area contributed by atoms with Crippen LogP contribution in [-0.2, 0) is 9.59 Å². The zero-order chi connectivity index (χ0) is 22.5. The topological polar surface area (TPSA) is 84.9 Å². The van der Waals surface area contributed by atoms with Gasteiger partial charge in [-0.05, 0) is 84.1 Å². The van der Waals surface area contributed by atoms with Gasteiger partial charge in [-0.15, -0.1) is 0 Å². The van der Waals surface area contributed by atoms with E-state index in [1.807, 2.05) is 18.2 Å². The molecule has 2 aromatic rings. The number of para-hydroxylation sites is 1. The van der Waals surface area contributed by atoms with Gasteiger partial charge in [0.25, 0.3) is 17.1 Å². The van der Waals surface area contributed by atoms with Gasteiger partial charge in [-0.3, -0.25) is 19.3 Å². The second kappa shape index (κ2) is 10.2. The molecule has 0 bridgehead atoms. The van der Waals surface area contributed by atoms with Crippen LogP contribution in [0.1, 0.15) is 19.4 Å². The Morgan fingerprint density at radius 3 is 2.55 bits per heavy atom. The van der Waals surface area contributed by atoms with E-state index in [1.165, 1.54) is 12.0 Å². The van der Waals surface area contributed by atoms with Crippen LogP contribution in [0.15, 0.2) is 47.4 Å². The van der Waals surface area contributed by atoms with Crippen molar-refractivity contribution in [2.75, 3.05) is 19.0 Å². The van der Waals surface area contributed by atoms with Crippen LogP contribution in [0.25, 0.3) is 6.08 Å². The molecule has 2 aromatic carbocycles. The van der Waals surface area contributed by atoms with E-state index in [0.29, 0.717) is 31.2 Å². The molecule has 3 amide bonds. The van der Waals surface area contributed by atoms with Crippen LogP contribution in [0.5, 0.6) is 11.5 Å². The van der Waals surface area contributed by atoms with Gasteiger partial charge in [0.15, 0.2) is 18.1 Å². The number of thioether (sulfide) groups is 1. The molecule has 1 fully saturated rings. The summed E-state index contributed by atoms with van der Waals surface area (Å²) in [5.41, 5.74) is 1.38. The van der Waals surface area contributed by atoms with Gasteiger partial charge in [0, 0.05) is 11.7 Å². The lowest BCUT2D eigenvalue weighted by Gasteiger charge is -2.16. The summed E-state index contributed by atoms with van der Waals surface area (Å²) in [7, 11) is 1.50. The largest absolute Gasteiger partial charge is 0.493 e. The molecule has 0 saturated carbocycles.